The van der Waals surface area contributed by atoms with Gasteiger partial charge in [-0.3, -0.25) is 4.79 Å². The summed E-state index contributed by atoms with van der Waals surface area (Å²) in [4.78, 5) is 20.3. The lowest BCUT2D eigenvalue weighted by molar-refractivity contribution is -0.133. The zero-order valence-corrected chi connectivity index (χ0v) is 18.9. The van der Waals surface area contributed by atoms with Crippen LogP contribution in [0.25, 0.3) is 10.2 Å². The van der Waals surface area contributed by atoms with Crippen molar-refractivity contribution >= 4 is 27.5 Å². The summed E-state index contributed by atoms with van der Waals surface area (Å²) in [6, 6.07) is 26.4. The van der Waals surface area contributed by atoms with Gasteiger partial charge in [-0.15, -0.1) is 0 Å². The maximum atomic E-state index is 13.6. The summed E-state index contributed by atoms with van der Waals surface area (Å²) in [5.74, 6) is -0.112. The minimum absolute atomic E-state index is 0.0896. The van der Waals surface area contributed by atoms with E-state index in [-0.39, 0.29) is 17.9 Å². The van der Waals surface area contributed by atoms with Crippen LogP contribution in [0.1, 0.15) is 35.4 Å². The number of rotatable bonds is 5. The average Bonchev–Trinajstić information content (AvgIpc) is 3.25. The number of aromatic nitrogens is 1. The number of likely N-dealkylation sites (tertiary alicyclic amines) is 1. The number of piperidine rings is 1. The Morgan fingerprint density at radius 2 is 1.56 bits per heavy atom. The molecule has 162 valence electrons. The Balaban J connectivity index is 1.28. The maximum absolute atomic E-state index is 13.6. The fraction of sp³-hybridized carbons (Fsp3) is 0.259. The van der Waals surface area contributed by atoms with Crippen LogP contribution in [-0.4, -0.2) is 35.0 Å². The van der Waals surface area contributed by atoms with E-state index < -0.39 is 0 Å². The molecule has 4 aromatic rings. The van der Waals surface area contributed by atoms with E-state index in [2.05, 4.69) is 30.1 Å². The predicted octanol–water partition coefficient (Wildman–Crippen LogP) is 5.81. The first-order valence-electron chi connectivity index (χ1n) is 11.1. The number of para-hydroxylation sites is 1. The fourth-order valence-electron chi connectivity index (χ4n) is 4.40. The van der Waals surface area contributed by atoms with Gasteiger partial charge in [0.15, 0.2) is 0 Å². The minimum atomic E-state index is -0.276. The van der Waals surface area contributed by atoms with Crippen molar-refractivity contribution in [3.63, 3.8) is 0 Å². The molecule has 5 rings (SSSR count). The van der Waals surface area contributed by atoms with E-state index in [1.54, 1.807) is 11.3 Å². The third-order valence-electron chi connectivity index (χ3n) is 6.14. The van der Waals surface area contributed by atoms with Gasteiger partial charge in [0.25, 0.3) is 5.19 Å². The summed E-state index contributed by atoms with van der Waals surface area (Å²) in [6.07, 6.45) is 1.72. The van der Waals surface area contributed by atoms with Crippen molar-refractivity contribution in [3.05, 3.63) is 95.6 Å². The van der Waals surface area contributed by atoms with Crippen molar-refractivity contribution in [2.45, 2.75) is 31.8 Å². The number of fused-ring (bicyclic) bond motifs is 1. The van der Waals surface area contributed by atoms with Crippen LogP contribution < -0.4 is 4.74 Å². The number of thiazole rings is 1. The lowest BCUT2D eigenvalue weighted by atomic mass is 9.89. The summed E-state index contributed by atoms with van der Waals surface area (Å²) in [5, 5.41) is 0.727. The van der Waals surface area contributed by atoms with E-state index in [9.17, 15) is 4.79 Å². The highest BCUT2D eigenvalue weighted by molar-refractivity contribution is 7.20. The largest absolute Gasteiger partial charge is 0.467 e. The molecule has 1 amide bonds. The Hall–Kier alpha value is -3.18. The highest BCUT2D eigenvalue weighted by atomic mass is 32.1. The van der Waals surface area contributed by atoms with Gasteiger partial charge >= 0.3 is 0 Å². The molecule has 1 aliphatic rings. The Kier molecular flexibility index (Phi) is 5.91. The van der Waals surface area contributed by atoms with Gasteiger partial charge in [0.2, 0.25) is 5.91 Å². The van der Waals surface area contributed by atoms with E-state index in [1.165, 1.54) is 5.56 Å². The Labute approximate surface area is 192 Å². The summed E-state index contributed by atoms with van der Waals surface area (Å²) >= 11 is 1.60. The van der Waals surface area contributed by atoms with E-state index in [0.29, 0.717) is 13.1 Å². The van der Waals surface area contributed by atoms with Crippen LogP contribution in [0, 0.1) is 6.92 Å². The number of ether oxygens (including phenoxy) is 1. The molecule has 32 heavy (non-hydrogen) atoms. The molecular formula is C27H26N2O2S. The summed E-state index contributed by atoms with van der Waals surface area (Å²) in [5.41, 5.74) is 4.26. The molecule has 3 aromatic carbocycles. The molecule has 5 heteroatoms. The standard InChI is InChI=1S/C27H26N2O2S/c1-19-9-8-14-23-25(19)28-27(32-23)31-22-15-17-29(18-16-22)26(30)24(20-10-4-2-5-11-20)21-12-6-3-7-13-21/h2-14,22,24H,15-18H2,1H3. The molecule has 2 heterocycles. The Bertz CT molecular complexity index is 1160. The molecular weight excluding hydrogens is 416 g/mol. The van der Waals surface area contributed by atoms with E-state index in [1.807, 2.05) is 65.6 Å². The monoisotopic (exact) mass is 442 g/mol. The molecule has 1 saturated heterocycles. The first-order chi connectivity index (χ1) is 15.7. The highest BCUT2D eigenvalue weighted by Crippen LogP contribution is 2.32. The minimum Gasteiger partial charge on any atom is -0.467 e. The maximum Gasteiger partial charge on any atom is 0.274 e. The van der Waals surface area contributed by atoms with Crippen LogP contribution in [0.3, 0.4) is 0 Å². The summed E-state index contributed by atoms with van der Waals surface area (Å²) < 4.78 is 7.38. The third-order valence-corrected chi connectivity index (χ3v) is 7.05. The summed E-state index contributed by atoms with van der Waals surface area (Å²) in [6.45, 7) is 3.47. The molecule has 0 aliphatic carbocycles. The predicted molar refractivity (Wildman–Crippen MR) is 129 cm³/mol. The quantitative estimate of drug-likeness (QED) is 0.392. The van der Waals surface area contributed by atoms with Crippen LogP contribution in [0.15, 0.2) is 78.9 Å². The van der Waals surface area contributed by atoms with Gasteiger partial charge in [-0.25, -0.2) is 4.98 Å². The lowest BCUT2D eigenvalue weighted by Crippen LogP contribution is -2.44. The van der Waals surface area contributed by atoms with Gasteiger partial charge in [-0.05, 0) is 29.7 Å². The van der Waals surface area contributed by atoms with Crippen LogP contribution in [-0.2, 0) is 4.79 Å². The number of aryl methyl sites for hydroxylation is 1. The number of hydrogen-bond acceptors (Lipinski definition) is 4. The second-order valence-electron chi connectivity index (χ2n) is 8.30. The molecule has 0 bridgehead atoms. The molecule has 0 N–H and O–H groups in total. The molecule has 0 saturated carbocycles. The van der Waals surface area contributed by atoms with Crippen molar-refractivity contribution in [1.29, 1.82) is 0 Å². The van der Waals surface area contributed by atoms with Crippen LogP contribution in [0.4, 0.5) is 0 Å². The van der Waals surface area contributed by atoms with Crippen LogP contribution >= 0.6 is 11.3 Å². The topological polar surface area (TPSA) is 42.4 Å². The van der Waals surface area contributed by atoms with Crippen LogP contribution in [0.2, 0.25) is 0 Å². The lowest BCUT2D eigenvalue weighted by Gasteiger charge is -2.34. The zero-order valence-electron chi connectivity index (χ0n) is 18.1. The smallest absolute Gasteiger partial charge is 0.274 e. The van der Waals surface area contributed by atoms with Crippen molar-refractivity contribution in [2.24, 2.45) is 0 Å². The second-order valence-corrected chi connectivity index (χ2v) is 9.29. The zero-order chi connectivity index (χ0) is 21.9. The Morgan fingerprint density at radius 1 is 0.938 bits per heavy atom. The molecule has 1 fully saturated rings. The Morgan fingerprint density at radius 3 is 2.16 bits per heavy atom. The van der Waals surface area contributed by atoms with Crippen LogP contribution in [0.5, 0.6) is 5.19 Å². The molecule has 1 aliphatic heterocycles. The SMILES string of the molecule is Cc1cccc2sc(OC3CCN(C(=O)C(c4ccccc4)c4ccccc4)CC3)nc12. The molecule has 1 aromatic heterocycles. The molecule has 0 radical (unpaired) electrons. The van der Waals surface area contributed by atoms with Gasteiger partial charge in [0.05, 0.1) is 16.1 Å². The summed E-state index contributed by atoms with van der Waals surface area (Å²) in [7, 11) is 0. The first-order valence-corrected chi connectivity index (χ1v) is 11.9. The van der Waals surface area contributed by atoms with Gasteiger partial charge in [-0.2, -0.15) is 0 Å². The number of benzene rings is 3. The number of carbonyl (C=O) groups excluding carboxylic acids is 1. The van der Waals surface area contributed by atoms with Gasteiger partial charge in [0.1, 0.15) is 6.10 Å². The number of carbonyl (C=O) groups is 1. The first kappa shape index (κ1) is 20.7. The number of nitrogens with zero attached hydrogens (tertiary/aromatic N) is 2. The van der Waals surface area contributed by atoms with E-state index in [4.69, 9.17) is 4.74 Å². The fourth-order valence-corrected chi connectivity index (χ4v) is 5.36. The van der Waals surface area contributed by atoms with Crippen molar-refractivity contribution in [2.75, 3.05) is 13.1 Å². The van der Waals surface area contributed by atoms with Crippen molar-refractivity contribution in [1.82, 2.24) is 9.88 Å². The van der Waals surface area contributed by atoms with Gasteiger partial charge < -0.3 is 9.64 Å². The van der Waals surface area contributed by atoms with Gasteiger partial charge in [-0.1, -0.05) is 84.1 Å². The van der Waals surface area contributed by atoms with Crippen molar-refractivity contribution in [3.8, 4) is 5.19 Å². The second kappa shape index (κ2) is 9.13. The highest BCUT2D eigenvalue weighted by Gasteiger charge is 2.31. The molecule has 0 spiro atoms. The molecule has 4 nitrogen and oxygen atoms in total. The third kappa shape index (κ3) is 4.26. The molecule has 0 unspecified atom stereocenters. The van der Waals surface area contributed by atoms with Gasteiger partial charge in [0, 0.05) is 25.9 Å². The van der Waals surface area contributed by atoms with Crippen molar-refractivity contribution < 1.29 is 9.53 Å². The number of hydrogen-bond donors (Lipinski definition) is 0. The number of amides is 1. The average molecular weight is 443 g/mol. The molecule has 0 atom stereocenters. The van der Waals surface area contributed by atoms with E-state index in [0.717, 1.165) is 39.4 Å². The van der Waals surface area contributed by atoms with E-state index >= 15 is 0 Å². The normalized spacial score (nSPS) is 14.8.